The van der Waals surface area contributed by atoms with Crippen molar-refractivity contribution < 1.29 is 23.1 Å². The molecule has 0 spiro atoms. The number of sulfonamides is 1. The Kier molecular flexibility index (Phi) is 8.40. The van der Waals surface area contributed by atoms with E-state index in [4.69, 9.17) is 9.84 Å². The number of hydrogen-bond acceptors (Lipinski definition) is 11. The molecule has 1 amide bonds. The van der Waals surface area contributed by atoms with Crippen LogP contribution in [0.15, 0.2) is 36.9 Å². The fourth-order valence-electron chi connectivity index (χ4n) is 3.29. The van der Waals surface area contributed by atoms with Crippen LogP contribution in [0.25, 0.3) is 10.6 Å². The molecule has 0 unspecified atom stereocenters. The third kappa shape index (κ3) is 6.72. The van der Waals surface area contributed by atoms with Gasteiger partial charge in [0.25, 0.3) is 5.91 Å². The highest BCUT2D eigenvalue weighted by molar-refractivity contribution is 7.93. The number of carbonyl (C=O) groups excluding carboxylic acids is 1. The molecule has 1 aliphatic carbocycles. The first kappa shape index (κ1) is 25.9. The summed E-state index contributed by atoms with van der Waals surface area (Å²) in [6.07, 6.45) is 7.40. The second-order valence-corrected chi connectivity index (χ2v) is 11.0. The van der Waals surface area contributed by atoms with Gasteiger partial charge in [0.05, 0.1) is 53.2 Å². The number of nitrogens with zero attached hydrogens (tertiary/aromatic N) is 4. The lowest BCUT2D eigenvalue weighted by Gasteiger charge is -2.19. The van der Waals surface area contributed by atoms with Gasteiger partial charge in [0, 0.05) is 25.5 Å². The van der Waals surface area contributed by atoms with Gasteiger partial charge in [-0.3, -0.25) is 19.5 Å². The fraction of sp³-hybridized carbons (Fsp3) is 0.409. The van der Waals surface area contributed by atoms with Gasteiger partial charge in [-0.2, -0.15) is 0 Å². The van der Waals surface area contributed by atoms with Crippen LogP contribution in [-0.4, -0.2) is 70.9 Å². The second-order valence-electron chi connectivity index (χ2n) is 7.97. The van der Waals surface area contributed by atoms with E-state index < -0.39 is 22.0 Å². The number of hydrogen-bond donors (Lipinski definition) is 4. The molecule has 12 nitrogen and oxygen atoms in total. The van der Waals surface area contributed by atoms with Gasteiger partial charge in [0.15, 0.2) is 5.01 Å². The number of aliphatic hydroxyl groups excluding tert-OH is 1. The summed E-state index contributed by atoms with van der Waals surface area (Å²) in [5.41, 5.74) is 1.37. The molecule has 4 N–H and O–H groups in total. The predicted molar refractivity (Wildman–Crippen MR) is 134 cm³/mol. The van der Waals surface area contributed by atoms with Gasteiger partial charge < -0.3 is 20.5 Å². The normalized spacial score (nSPS) is 14.3. The summed E-state index contributed by atoms with van der Waals surface area (Å²) in [6, 6.07) is 2.55. The Balaban J connectivity index is 1.50. The molecule has 3 aromatic rings. The van der Waals surface area contributed by atoms with E-state index in [9.17, 15) is 13.2 Å². The van der Waals surface area contributed by atoms with Crippen molar-refractivity contribution in [1.29, 1.82) is 0 Å². The highest BCUT2D eigenvalue weighted by Gasteiger charge is 2.35. The average molecular weight is 534 g/mol. The molecule has 1 fully saturated rings. The van der Waals surface area contributed by atoms with Gasteiger partial charge in [0.2, 0.25) is 15.9 Å². The van der Waals surface area contributed by atoms with Gasteiger partial charge >= 0.3 is 0 Å². The number of amides is 1. The van der Waals surface area contributed by atoms with Crippen LogP contribution in [0.1, 0.15) is 41.3 Å². The summed E-state index contributed by atoms with van der Waals surface area (Å²) in [6.45, 7) is 2.81. The topological polar surface area (TPSA) is 168 Å². The van der Waals surface area contributed by atoms with Crippen LogP contribution in [0.5, 0.6) is 5.88 Å². The summed E-state index contributed by atoms with van der Waals surface area (Å²) < 4.78 is 32.6. The molecule has 0 aliphatic heterocycles. The van der Waals surface area contributed by atoms with Crippen LogP contribution in [0.2, 0.25) is 0 Å². The second kappa shape index (κ2) is 11.7. The number of pyridine rings is 1. The smallest absolute Gasteiger partial charge is 0.280 e. The summed E-state index contributed by atoms with van der Waals surface area (Å²) in [4.78, 5) is 30.8. The summed E-state index contributed by atoms with van der Waals surface area (Å²) in [5, 5.41) is 14.9. The number of nitrogens with one attached hydrogen (secondary N) is 3. The van der Waals surface area contributed by atoms with E-state index in [2.05, 4.69) is 35.3 Å². The number of anilines is 1. The summed E-state index contributed by atoms with van der Waals surface area (Å²) in [5.74, 6) is -0.0468. The van der Waals surface area contributed by atoms with Gasteiger partial charge in [0.1, 0.15) is 5.69 Å². The minimum Gasteiger partial charge on any atom is -0.477 e. The third-order valence-corrected chi connectivity index (χ3v) is 8.05. The SMILES string of the molecule is CCOc1cncc(-c2cnc(C(=O)N[C@H](CNCCO)c3cc(NS(=O)(=O)C4CC4)ccn3)s2)n1. The first-order valence-corrected chi connectivity index (χ1v) is 13.8. The molecule has 192 valence electrons. The lowest BCUT2D eigenvalue weighted by atomic mass is 10.1. The Bertz CT molecular complexity index is 1300. The molecule has 0 aromatic carbocycles. The average Bonchev–Trinajstić information content (AvgIpc) is 3.62. The van der Waals surface area contributed by atoms with Crippen LogP contribution in [0.4, 0.5) is 5.69 Å². The standard InChI is InChI=1S/C22H27N7O5S2/c1-2-34-20-13-24-11-18(27-20)19-12-26-22(35-19)21(31)28-17(10-23-7-8-30)16-9-14(5-6-25-16)29-36(32,33)15-3-4-15/h5-6,9,11-13,15,17,23,30H,2-4,7-8,10H2,1H3,(H,25,29)(H,28,31)/t17-/m1/s1. The Hall–Kier alpha value is -3.20. The van der Waals surface area contributed by atoms with Gasteiger partial charge in [-0.15, -0.1) is 11.3 Å². The van der Waals surface area contributed by atoms with E-state index in [-0.39, 0.29) is 23.4 Å². The molecule has 0 bridgehead atoms. The molecule has 3 aromatic heterocycles. The summed E-state index contributed by atoms with van der Waals surface area (Å²) in [7, 11) is -3.44. The molecule has 4 rings (SSSR count). The Morgan fingerprint density at radius 2 is 2.11 bits per heavy atom. The first-order chi connectivity index (χ1) is 17.4. The van der Waals surface area contributed by atoms with Crippen molar-refractivity contribution in [3.63, 3.8) is 0 Å². The predicted octanol–water partition coefficient (Wildman–Crippen LogP) is 1.35. The van der Waals surface area contributed by atoms with E-state index in [0.717, 1.165) is 11.3 Å². The molecule has 3 heterocycles. The Morgan fingerprint density at radius 1 is 1.28 bits per heavy atom. The lowest BCUT2D eigenvalue weighted by molar-refractivity contribution is 0.0934. The number of carbonyl (C=O) groups is 1. The zero-order valence-corrected chi connectivity index (χ0v) is 21.2. The van der Waals surface area contributed by atoms with Gasteiger partial charge in [-0.05, 0) is 31.9 Å². The van der Waals surface area contributed by atoms with Crippen LogP contribution in [0.3, 0.4) is 0 Å². The minimum absolute atomic E-state index is 0.0764. The van der Waals surface area contributed by atoms with E-state index in [0.29, 0.717) is 53.8 Å². The number of rotatable bonds is 13. The molecule has 36 heavy (non-hydrogen) atoms. The van der Waals surface area contributed by atoms with E-state index >= 15 is 0 Å². The van der Waals surface area contributed by atoms with E-state index in [1.54, 1.807) is 24.5 Å². The van der Waals surface area contributed by atoms with Gasteiger partial charge in [-0.1, -0.05) is 0 Å². The molecule has 0 saturated heterocycles. The minimum atomic E-state index is -3.44. The molecular formula is C22H27N7O5S2. The zero-order chi connectivity index (χ0) is 25.5. The van der Waals surface area contributed by atoms with Crippen molar-refractivity contribution in [1.82, 2.24) is 30.6 Å². The van der Waals surface area contributed by atoms with E-state index in [1.807, 2.05) is 6.92 Å². The van der Waals surface area contributed by atoms with Crippen molar-refractivity contribution in [3.05, 3.63) is 47.6 Å². The summed E-state index contributed by atoms with van der Waals surface area (Å²) >= 11 is 1.15. The molecular weight excluding hydrogens is 506 g/mol. The highest BCUT2D eigenvalue weighted by atomic mass is 32.2. The Labute approximate surface area is 212 Å². The van der Waals surface area contributed by atoms with Crippen molar-refractivity contribution in [2.24, 2.45) is 0 Å². The van der Waals surface area contributed by atoms with Crippen molar-refractivity contribution in [2.75, 3.05) is 31.0 Å². The zero-order valence-electron chi connectivity index (χ0n) is 19.5. The largest absolute Gasteiger partial charge is 0.477 e. The van der Waals surface area contributed by atoms with Crippen LogP contribution in [0, 0.1) is 0 Å². The maximum atomic E-state index is 13.0. The monoisotopic (exact) mass is 533 g/mol. The highest BCUT2D eigenvalue weighted by Crippen LogP contribution is 2.30. The maximum absolute atomic E-state index is 13.0. The van der Waals surface area contributed by atoms with Crippen molar-refractivity contribution in [3.8, 4) is 16.5 Å². The molecule has 0 radical (unpaired) electrons. The molecule has 1 atom stereocenters. The van der Waals surface area contributed by atoms with Crippen molar-refractivity contribution >= 4 is 33.0 Å². The van der Waals surface area contributed by atoms with Gasteiger partial charge in [-0.25, -0.2) is 18.4 Å². The third-order valence-electron chi connectivity index (χ3n) is 5.16. The quantitative estimate of drug-likeness (QED) is 0.235. The number of aromatic nitrogens is 4. The fourth-order valence-corrected chi connectivity index (χ4v) is 5.44. The number of thiazole rings is 1. The number of ether oxygens (including phenoxy) is 1. The van der Waals surface area contributed by atoms with Crippen LogP contribution in [-0.2, 0) is 10.0 Å². The maximum Gasteiger partial charge on any atom is 0.280 e. The molecule has 1 aliphatic rings. The van der Waals surface area contributed by atoms with Crippen molar-refractivity contribution in [2.45, 2.75) is 31.1 Å². The van der Waals surface area contributed by atoms with E-state index in [1.165, 1.54) is 12.4 Å². The lowest BCUT2D eigenvalue weighted by Crippen LogP contribution is -2.37. The van der Waals surface area contributed by atoms with Crippen LogP contribution < -0.4 is 20.1 Å². The van der Waals surface area contributed by atoms with Crippen LogP contribution >= 0.6 is 11.3 Å². The number of aliphatic hydroxyl groups is 1. The Morgan fingerprint density at radius 3 is 2.86 bits per heavy atom. The molecule has 14 heteroatoms. The molecule has 1 saturated carbocycles. The first-order valence-electron chi connectivity index (χ1n) is 11.4.